The van der Waals surface area contributed by atoms with Gasteiger partial charge in [0.2, 0.25) is 0 Å². The van der Waals surface area contributed by atoms with Gasteiger partial charge in [0.15, 0.2) is 5.82 Å². The van der Waals surface area contributed by atoms with Crippen LogP contribution in [0.1, 0.15) is 5.56 Å². The second kappa shape index (κ2) is 6.02. The minimum Gasteiger partial charge on any atom is -0.378 e. The highest BCUT2D eigenvalue weighted by Gasteiger charge is 2.07. The summed E-state index contributed by atoms with van der Waals surface area (Å²) in [4.78, 5) is 6.21. The first-order valence-corrected chi connectivity index (χ1v) is 6.67. The van der Waals surface area contributed by atoms with Crippen LogP contribution >= 0.6 is 15.9 Å². The number of rotatable bonds is 4. The van der Waals surface area contributed by atoms with Crippen LogP contribution in [0.4, 0.5) is 15.9 Å². The molecule has 1 heterocycles. The molecule has 0 fully saturated rings. The smallest absolute Gasteiger partial charge is 0.151 e. The van der Waals surface area contributed by atoms with Gasteiger partial charge in [0.1, 0.15) is 5.82 Å². The summed E-state index contributed by atoms with van der Waals surface area (Å²) in [7, 11) is 3.85. The molecule has 0 unspecified atom stereocenters. The Balaban J connectivity index is 2.17. The highest BCUT2D eigenvalue weighted by Crippen LogP contribution is 2.22. The van der Waals surface area contributed by atoms with Gasteiger partial charge in [-0.3, -0.25) is 0 Å². The van der Waals surface area contributed by atoms with Gasteiger partial charge in [-0.2, -0.15) is 0 Å². The van der Waals surface area contributed by atoms with E-state index in [0.29, 0.717) is 12.1 Å². The van der Waals surface area contributed by atoms with Crippen molar-refractivity contribution in [3.63, 3.8) is 0 Å². The van der Waals surface area contributed by atoms with Crippen molar-refractivity contribution in [1.29, 1.82) is 0 Å². The average molecular weight is 324 g/mol. The van der Waals surface area contributed by atoms with E-state index in [1.165, 1.54) is 6.07 Å². The molecule has 0 bridgehead atoms. The predicted octanol–water partition coefficient (Wildman–Crippen LogP) is 3.66. The maximum absolute atomic E-state index is 13.6. The van der Waals surface area contributed by atoms with Gasteiger partial charge in [0.05, 0.1) is 5.69 Å². The number of pyridine rings is 1. The average Bonchev–Trinajstić information content (AvgIpc) is 2.40. The lowest BCUT2D eigenvalue weighted by Crippen LogP contribution is -2.14. The number of benzene rings is 1. The van der Waals surface area contributed by atoms with Crippen molar-refractivity contribution in [2.24, 2.45) is 0 Å². The van der Waals surface area contributed by atoms with Gasteiger partial charge < -0.3 is 10.2 Å². The van der Waals surface area contributed by atoms with Gasteiger partial charge in [0.25, 0.3) is 0 Å². The molecule has 0 saturated carbocycles. The second-order valence-electron chi connectivity index (χ2n) is 4.36. The maximum atomic E-state index is 13.6. The van der Waals surface area contributed by atoms with E-state index in [1.807, 2.05) is 31.1 Å². The number of aromatic nitrogens is 1. The summed E-state index contributed by atoms with van der Waals surface area (Å²) in [5.41, 5.74) is 1.50. The Bertz CT molecular complexity index is 572. The summed E-state index contributed by atoms with van der Waals surface area (Å²) in [5.74, 6) is 0.615. The SMILES string of the molecule is CN(C)c1ncccc1NCc1cc(Br)ccc1F. The number of nitrogens with one attached hydrogen (secondary N) is 1. The maximum Gasteiger partial charge on any atom is 0.151 e. The molecule has 0 atom stereocenters. The minimum atomic E-state index is -0.217. The molecule has 0 amide bonds. The van der Waals surface area contributed by atoms with Crippen molar-refractivity contribution in [3.8, 4) is 0 Å². The minimum absolute atomic E-state index is 0.217. The van der Waals surface area contributed by atoms with E-state index in [2.05, 4.69) is 26.2 Å². The molecule has 3 nitrogen and oxygen atoms in total. The lowest BCUT2D eigenvalue weighted by Gasteiger charge is -2.17. The van der Waals surface area contributed by atoms with Gasteiger partial charge in [-0.05, 0) is 30.3 Å². The van der Waals surface area contributed by atoms with Crippen molar-refractivity contribution < 1.29 is 4.39 Å². The van der Waals surface area contributed by atoms with Crippen LogP contribution in [0.15, 0.2) is 41.0 Å². The van der Waals surface area contributed by atoms with Crippen LogP contribution in [0.5, 0.6) is 0 Å². The molecule has 0 aliphatic heterocycles. The van der Waals surface area contributed by atoms with Crippen molar-refractivity contribution in [2.75, 3.05) is 24.3 Å². The largest absolute Gasteiger partial charge is 0.378 e. The van der Waals surface area contributed by atoms with Gasteiger partial charge in [-0.25, -0.2) is 9.37 Å². The third-order valence-electron chi connectivity index (χ3n) is 2.69. The van der Waals surface area contributed by atoms with Crippen LogP contribution < -0.4 is 10.2 Å². The Morgan fingerprint density at radius 2 is 2.11 bits per heavy atom. The van der Waals surface area contributed by atoms with Crippen LogP contribution in [0, 0.1) is 5.82 Å². The van der Waals surface area contributed by atoms with Gasteiger partial charge in [0, 0.05) is 36.9 Å². The van der Waals surface area contributed by atoms with Crippen LogP contribution in [0.25, 0.3) is 0 Å². The molecule has 0 spiro atoms. The van der Waals surface area contributed by atoms with E-state index >= 15 is 0 Å². The molecule has 19 heavy (non-hydrogen) atoms. The molecule has 1 aromatic heterocycles. The number of halogens is 2. The molecule has 0 aliphatic carbocycles. The van der Waals surface area contributed by atoms with Crippen LogP contribution in [0.3, 0.4) is 0 Å². The Labute approximate surface area is 120 Å². The summed E-state index contributed by atoms with van der Waals surface area (Å²) in [5, 5.41) is 3.21. The van der Waals surface area contributed by atoms with Crippen LogP contribution in [-0.4, -0.2) is 19.1 Å². The molecule has 2 aromatic rings. The number of hydrogen-bond acceptors (Lipinski definition) is 3. The van der Waals surface area contributed by atoms with E-state index in [-0.39, 0.29) is 5.82 Å². The molecular formula is C14H15BrFN3. The van der Waals surface area contributed by atoms with Crippen molar-refractivity contribution in [2.45, 2.75) is 6.54 Å². The Morgan fingerprint density at radius 3 is 2.84 bits per heavy atom. The van der Waals surface area contributed by atoms with Crippen LogP contribution in [-0.2, 0) is 6.54 Å². The first kappa shape index (κ1) is 13.8. The zero-order valence-corrected chi connectivity index (χ0v) is 12.4. The first-order valence-electron chi connectivity index (χ1n) is 5.88. The number of nitrogens with zero attached hydrogens (tertiary/aromatic N) is 2. The fourth-order valence-corrected chi connectivity index (χ4v) is 2.17. The fourth-order valence-electron chi connectivity index (χ4n) is 1.76. The van der Waals surface area contributed by atoms with E-state index in [1.54, 1.807) is 18.3 Å². The summed E-state index contributed by atoms with van der Waals surface area (Å²) < 4.78 is 14.5. The molecular weight excluding hydrogens is 309 g/mol. The number of anilines is 2. The van der Waals surface area contributed by atoms with Gasteiger partial charge in [-0.15, -0.1) is 0 Å². The Kier molecular flexibility index (Phi) is 4.37. The highest BCUT2D eigenvalue weighted by molar-refractivity contribution is 9.10. The Hall–Kier alpha value is -1.62. The number of hydrogen-bond donors (Lipinski definition) is 1. The zero-order valence-electron chi connectivity index (χ0n) is 10.8. The van der Waals surface area contributed by atoms with Crippen molar-refractivity contribution in [3.05, 3.63) is 52.4 Å². The highest BCUT2D eigenvalue weighted by atomic mass is 79.9. The van der Waals surface area contributed by atoms with Gasteiger partial charge in [-0.1, -0.05) is 15.9 Å². The summed E-state index contributed by atoms with van der Waals surface area (Å²) in [6.45, 7) is 0.414. The molecule has 5 heteroatoms. The fraction of sp³-hybridized carbons (Fsp3) is 0.214. The lowest BCUT2D eigenvalue weighted by atomic mass is 10.2. The van der Waals surface area contributed by atoms with Crippen molar-refractivity contribution in [1.82, 2.24) is 4.98 Å². The second-order valence-corrected chi connectivity index (χ2v) is 5.27. The summed E-state index contributed by atoms with van der Waals surface area (Å²) >= 11 is 3.35. The first-order chi connectivity index (χ1) is 9.08. The van der Waals surface area contributed by atoms with E-state index in [4.69, 9.17) is 0 Å². The standard InChI is InChI=1S/C14H15BrFN3/c1-19(2)14-13(4-3-7-17-14)18-9-10-8-11(15)5-6-12(10)16/h3-8,18H,9H2,1-2H3. The monoisotopic (exact) mass is 323 g/mol. The van der Waals surface area contributed by atoms with Crippen molar-refractivity contribution >= 4 is 27.4 Å². The topological polar surface area (TPSA) is 28.2 Å². The predicted molar refractivity (Wildman–Crippen MR) is 80.0 cm³/mol. The summed E-state index contributed by atoms with van der Waals surface area (Å²) in [6.07, 6.45) is 1.74. The third kappa shape index (κ3) is 3.44. The zero-order chi connectivity index (χ0) is 13.8. The summed E-state index contributed by atoms with van der Waals surface area (Å²) in [6, 6.07) is 8.70. The van der Waals surface area contributed by atoms with Gasteiger partial charge >= 0.3 is 0 Å². The van der Waals surface area contributed by atoms with E-state index < -0.39 is 0 Å². The normalized spacial score (nSPS) is 10.3. The Morgan fingerprint density at radius 1 is 1.32 bits per heavy atom. The molecule has 1 N–H and O–H groups in total. The lowest BCUT2D eigenvalue weighted by molar-refractivity contribution is 0.612. The molecule has 0 aliphatic rings. The van der Waals surface area contributed by atoms with E-state index in [9.17, 15) is 4.39 Å². The molecule has 0 saturated heterocycles. The molecule has 0 radical (unpaired) electrons. The van der Waals surface area contributed by atoms with Crippen LogP contribution in [0.2, 0.25) is 0 Å². The molecule has 1 aromatic carbocycles. The third-order valence-corrected chi connectivity index (χ3v) is 3.18. The molecule has 2 rings (SSSR count). The van der Waals surface area contributed by atoms with E-state index in [0.717, 1.165) is 16.0 Å². The quantitative estimate of drug-likeness (QED) is 0.930. The molecule has 100 valence electrons.